The lowest BCUT2D eigenvalue weighted by Crippen LogP contribution is -2.31. The summed E-state index contributed by atoms with van der Waals surface area (Å²) in [5.74, 6) is 0.164. The summed E-state index contributed by atoms with van der Waals surface area (Å²) in [5, 5.41) is 13.6. The van der Waals surface area contributed by atoms with Gasteiger partial charge in [0.15, 0.2) is 11.5 Å². The number of hydrogen-bond donors (Lipinski definition) is 2. The number of nitrogens with zero attached hydrogens (tertiary/aromatic N) is 7. The molecule has 0 fully saturated rings. The molecule has 4 aromatic rings. The van der Waals surface area contributed by atoms with E-state index >= 15 is 0 Å². The highest BCUT2D eigenvalue weighted by Crippen LogP contribution is 2.37. The Labute approximate surface area is 212 Å². The lowest BCUT2D eigenvalue weighted by molar-refractivity contribution is -0.138. The molecule has 0 bridgehead atoms. The highest BCUT2D eigenvalue weighted by molar-refractivity contribution is 5.87. The molecule has 4 heterocycles. The van der Waals surface area contributed by atoms with E-state index in [2.05, 4.69) is 40.8 Å². The fourth-order valence-electron chi connectivity index (χ4n) is 3.53. The second kappa shape index (κ2) is 10.7. The maximum absolute atomic E-state index is 14.0. The molecule has 38 heavy (non-hydrogen) atoms. The van der Waals surface area contributed by atoms with E-state index in [4.69, 9.17) is 0 Å². The number of halogens is 6. The molecular formula is C23H21F6N9. The maximum atomic E-state index is 14.0. The number of likely N-dealkylation sites (N-methyl/N-ethyl adjacent to an activating group) is 2. The molecular weight excluding hydrogens is 516 g/mol. The Hall–Kier alpha value is -4.14. The van der Waals surface area contributed by atoms with Crippen molar-refractivity contribution in [2.75, 3.05) is 36.9 Å². The van der Waals surface area contributed by atoms with Crippen molar-refractivity contribution in [2.45, 2.75) is 19.3 Å². The largest absolute Gasteiger partial charge is 0.418 e. The van der Waals surface area contributed by atoms with E-state index in [9.17, 15) is 26.3 Å². The zero-order chi connectivity index (χ0) is 27.5. The summed E-state index contributed by atoms with van der Waals surface area (Å²) in [6.07, 6.45) is -6.17. The van der Waals surface area contributed by atoms with Crippen LogP contribution in [0.3, 0.4) is 0 Å². The summed E-state index contributed by atoms with van der Waals surface area (Å²) in [7, 11) is 1.73. The van der Waals surface area contributed by atoms with Crippen molar-refractivity contribution in [1.29, 1.82) is 0 Å². The van der Waals surface area contributed by atoms with Gasteiger partial charge >= 0.3 is 12.4 Å². The molecule has 0 aliphatic rings. The van der Waals surface area contributed by atoms with Crippen molar-refractivity contribution in [3.05, 3.63) is 54.0 Å². The SMILES string of the molecule is CCN(CCNC)c1cc(C(F)(F)F)c(-c2cnc3c(Nc4ccc(C(F)(F)F)cn4)ccnc3n2)nn1. The number of pyridine rings is 2. The quantitative estimate of drug-likeness (QED) is 0.310. The van der Waals surface area contributed by atoms with Crippen LogP contribution in [0.2, 0.25) is 0 Å². The summed E-state index contributed by atoms with van der Waals surface area (Å²) in [6.45, 7) is 3.20. The van der Waals surface area contributed by atoms with Crippen LogP contribution in [0.5, 0.6) is 0 Å². The van der Waals surface area contributed by atoms with Crippen LogP contribution in [0.15, 0.2) is 42.9 Å². The lowest BCUT2D eigenvalue weighted by atomic mass is 10.1. The van der Waals surface area contributed by atoms with E-state index in [1.165, 1.54) is 12.3 Å². The molecule has 9 nitrogen and oxygen atoms in total. The van der Waals surface area contributed by atoms with Crippen molar-refractivity contribution in [3.63, 3.8) is 0 Å². The van der Waals surface area contributed by atoms with Crippen molar-refractivity contribution in [3.8, 4) is 11.4 Å². The Morgan fingerprint density at radius 3 is 2.34 bits per heavy atom. The number of hydrogen-bond acceptors (Lipinski definition) is 9. The minimum Gasteiger partial charge on any atom is -0.354 e. The first kappa shape index (κ1) is 26.9. The maximum Gasteiger partial charge on any atom is 0.418 e. The standard InChI is InChI=1S/C23H21F6N9/c1-3-38(9-8-30-2)18-10-14(23(27,28)29)19(37-36-18)16-12-33-20-15(6-7-31-21(20)35-16)34-17-5-4-13(11-32-17)22(24,25)26/h4-7,10-12,30H,3,8-9H2,1-2H3,(H,31,32,34,35). The third kappa shape index (κ3) is 5.88. The third-order valence-electron chi connectivity index (χ3n) is 5.47. The Kier molecular flexibility index (Phi) is 7.57. The smallest absolute Gasteiger partial charge is 0.354 e. The summed E-state index contributed by atoms with van der Waals surface area (Å²) in [4.78, 5) is 17.9. The third-order valence-corrected chi connectivity index (χ3v) is 5.47. The van der Waals surface area contributed by atoms with Crippen LogP contribution >= 0.6 is 0 Å². The highest BCUT2D eigenvalue weighted by atomic mass is 19.4. The van der Waals surface area contributed by atoms with E-state index in [1.807, 2.05) is 0 Å². The Morgan fingerprint density at radius 1 is 0.921 bits per heavy atom. The molecule has 2 N–H and O–H groups in total. The predicted octanol–water partition coefficient (Wildman–Crippen LogP) is 4.70. The van der Waals surface area contributed by atoms with Crippen LogP contribution < -0.4 is 15.5 Å². The van der Waals surface area contributed by atoms with Gasteiger partial charge in [-0.25, -0.2) is 19.9 Å². The lowest BCUT2D eigenvalue weighted by Gasteiger charge is -2.22. The highest BCUT2D eigenvalue weighted by Gasteiger charge is 2.36. The first-order valence-corrected chi connectivity index (χ1v) is 11.3. The Morgan fingerprint density at radius 2 is 1.71 bits per heavy atom. The van der Waals surface area contributed by atoms with Crippen LogP contribution in [0.4, 0.5) is 43.7 Å². The predicted molar refractivity (Wildman–Crippen MR) is 128 cm³/mol. The van der Waals surface area contributed by atoms with E-state index in [1.54, 1.807) is 18.9 Å². The Bertz CT molecular complexity index is 1410. The fourth-order valence-corrected chi connectivity index (χ4v) is 3.53. The van der Waals surface area contributed by atoms with Crippen molar-refractivity contribution in [2.24, 2.45) is 0 Å². The van der Waals surface area contributed by atoms with Gasteiger partial charge in [-0.15, -0.1) is 10.2 Å². The average molecular weight is 537 g/mol. The molecule has 4 aromatic heterocycles. The summed E-state index contributed by atoms with van der Waals surface area (Å²) >= 11 is 0. The van der Waals surface area contributed by atoms with Gasteiger partial charge < -0.3 is 15.5 Å². The first-order chi connectivity index (χ1) is 18.0. The topological polar surface area (TPSA) is 105 Å². The molecule has 0 radical (unpaired) electrons. The molecule has 0 spiro atoms. The minimum absolute atomic E-state index is 0.0115. The molecule has 0 aliphatic heterocycles. The first-order valence-electron chi connectivity index (χ1n) is 11.3. The molecule has 0 aliphatic carbocycles. The van der Waals surface area contributed by atoms with Gasteiger partial charge in [-0.1, -0.05) is 0 Å². The van der Waals surface area contributed by atoms with Gasteiger partial charge in [0.1, 0.15) is 22.7 Å². The van der Waals surface area contributed by atoms with Gasteiger partial charge in [-0.2, -0.15) is 26.3 Å². The molecule has 15 heteroatoms. The number of rotatable bonds is 8. The number of nitrogens with one attached hydrogen (secondary N) is 2. The van der Waals surface area contributed by atoms with Crippen LogP contribution in [-0.4, -0.2) is 56.8 Å². The Balaban J connectivity index is 1.69. The van der Waals surface area contributed by atoms with Gasteiger partial charge in [0.25, 0.3) is 0 Å². The summed E-state index contributed by atoms with van der Waals surface area (Å²) < 4.78 is 80.4. The van der Waals surface area contributed by atoms with Crippen LogP contribution in [0.1, 0.15) is 18.1 Å². The molecule has 0 saturated carbocycles. The number of aromatic nitrogens is 6. The van der Waals surface area contributed by atoms with E-state index in [-0.39, 0.29) is 28.5 Å². The van der Waals surface area contributed by atoms with E-state index < -0.39 is 29.2 Å². The van der Waals surface area contributed by atoms with Crippen molar-refractivity contribution >= 4 is 28.5 Å². The normalized spacial score (nSPS) is 12.1. The van der Waals surface area contributed by atoms with Gasteiger partial charge in [0.05, 0.1) is 23.0 Å². The minimum atomic E-state index is -4.75. The number of fused-ring (bicyclic) bond motifs is 1. The average Bonchev–Trinajstić information content (AvgIpc) is 2.88. The molecule has 0 atom stereocenters. The van der Waals surface area contributed by atoms with Crippen LogP contribution in [-0.2, 0) is 12.4 Å². The molecule has 0 unspecified atom stereocenters. The molecule has 200 valence electrons. The second-order valence-electron chi connectivity index (χ2n) is 7.99. The zero-order valence-electron chi connectivity index (χ0n) is 20.1. The van der Waals surface area contributed by atoms with Gasteiger partial charge in [0.2, 0.25) is 0 Å². The molecule has 0 saturated heterocycles. The van der Waals surface area contributed by atoms with Crippen LogP contribution in [0, 0.1) is 0 Å². The molecule has 0 amide bonds. The van der Waals surface area contributed by atoms with Gasteiger partial charge in [-0.3, -0.25) is 0 Å². The summed E-state index contributed by atoms with van der Waals surface area (Å²) in [6, 6.07) is 4.41. The number of alkyl halides is 6. The van der Waals surface area contributed by atoms with E-state index in [0.717, 1.165) is 24.4 Å². The monoisotopic (exact) mass is 537 g/mol. The summed E-state index contributed by atoms with van der Waals surface area (Å²) in [5.41, 5.74) is -2.19. The molecule has 4 rings (SSSR count). The molecule has 0 aromatic carbocycles. The van der Waals surface area contributed by atoms with E-state index in [0.29, 0.717) is 31.5 Å². The van der Waals surface area contributed by atoms with Crippen LogP contribution in [0.25, 0.3) is 22.6 Å². The van der Waals surface area contributed by atoms with Gasteiger partial charge in [0, 0.05) is 32.0 Å². The van der Waals surface area contributed by atoms with Gasteiger partial charge in [-0.05, 0) is 38.2 Å². The zero-order valence-corrected chi connectivity index (χ0v) is 20.1. The van der Waals surface area contributed by atoms with Crippen molar-refractivity contribution < 1.29 is 26.3 Å². The van der Waals surface area contributed by atoms with Crippen molar-refractivity contribution in [1.82, 2.24) is 35.5 Å². The fraction of sp³-hybridized carbons (Fsp3) is 0.304. The number of anilines is 3. The second-order valence-corrected chi connectivity index (χ2v) is 7.99.